The van der Waals surface area contributed by atoms with E-state index in [1.165, 1.54) is 11.3 Å². The monoisotopic (exact) mass is 157 g/mol. The summed E-state index contributed by atoms with van der Waals surface area (Å²) in [6.45, 7) is 0. The first-order valence-electron chi connectivity index (χ1n) is 2.39. The predicted octanol–water partition coefficient (Wildman–Crippen LogP) is 2.06. The lowest BCUT2D eigenvalue weighted by Gasteiger charge is -1.69. The molecule has 0 spiro atoms. The molecule has 2 aromatic heterocycles. The van der Waals surface area contributed by atoms with Crippen molar-refractivity contribution in [3.63, 3.8) is 0 Å². The number of nitrogens with zero attached hydrogens (tertiary/aromatic N) is 1. The topological polar surface area (TPSA) is 33.1 Å². The molecular formula is C5H3NOS2. The Morgan fingerprint density at radius 1 is 1.56 bits per heavy atom. The van der Waals surface area contributed by atoms with Gasteiger partial charge in [-0.1, -0.05) is 11.3 Å². The van der Waals surface area contributed by atoms with E-state index in [0.717, 1.165) is 9.53 Å². The maximum atomic E-state index is 8.86. The Bertz CT molecular complexity index is 296. The summed E-state index contributed by atoms with van der Waals surface area (Å²) in [5.74, 6) is 0. The molecule has 0 aliphatic rings. The Kier molecular flexibility index (Phi) is 0.972. The summed E-state index contributed by atoms with van der Waals surface area (Å²) < 4.78 is 1.07. The van der Waals surface area contributed by atoms with Crippen LogP contribution < -0.4 is 0 Å². The normalized spacial score (nSPS) is 10.7. The van der Waals surface area contributed by atoms with Crippen molar-refractivity contribution in [2.24, 2.45) is 0 Å². The van der Waals surface area contributed by atoms with Crippen LogP contribution in [0.1, 0.15) is 0 Å². The number of aromatic hydroxyl groups is 1. The van der Waals surface area contributed by atoms with Crippen LogP contribution in [0.2, 0.25) is 0 Å². The number of thiophene rings is 1. The van der Waals surface area contributed by atoms with Crippen LogP contribution in [0.3, 0.4) is 0 Å². The van der Waals surface area contributed by atoms with Crippen LogP contribution >= 0.6 is 22.7 Å². The lowest BCUT2D eigenvalue weighted by molar-refractivity contribution is 0.473. The second kappa shape index (κ2) is 1.68. The minimum Gasteiger partial charge on any atom is -0.486 e. The molecule has 0 bridgehead atoms. The Balaban J connectivity index is 2.92. The van der Waals surface area contributed by atoms with Crippen LogP contribution in [0, 0.1) is 0 Å². The SMILES string of the molecule is Oc1nc2sccc2s1. The molecule has 2 heterocycles. The van der Waals surface area contributed by atoms with Crippen LogP contribution in [0.4, 0.5) is 0 Å². The molecule has 0 saturated heterocycles. The van der Waals surface area contributed by atoms with Gasteiger partial charge in [0.15, 0.2) is 0 Å². The van der Waals surface area contributed by atoms with Gasteiger partial charge in [-0.25, -0.2) is 0 Å². The van der Waals surface area contributed by atoms with Gasteiger partial charge in [-0.2, -0.15) is 4.98 Å². The van der Waals surface area contributed by atoms with Crippen LogP contribution in [-0.4, -0.2) is 10.1 Å². The first-order chi connectivity index (χ1) is 4.36. The molecule has 0 aromatic carbocycles. The maximum absolute atomic E-state index is 8.86. The molecule has 46 valence electrons. The van der Waals surface area contributed by atoms with Gasteiger partial charge in [0.1, 0.15) is 4.83 Å². The lowest BCUT2D eigenvalue weighted by Crippen LogP contribution is -1.53. The summed E-state index contributed by atoms with van der Waals surface area (Å²) in [6.07, 6.45) is 0. The van der Waals surface area contributed by atoms with Gasteiger partial charge >= 0.3 is 0 Å². The zero-order valence-corrected chi connectivity index (χ0v) is 6.00. The number of fused-ring (bicyclic) bond motifs is 1. The Hall–Kier alpha value is -0.610. The van der Waals surface area contributed by atoms with E-state index in [2.05, 4.69) is 4.98 Å². The highest BCUT2D eigenvalue weighted by molar-refractivity contribution is 7.27. The quantitative estimate of drug-likeness (QED) is 0.635. The molecule has 0 fully saturated rings. The Morgan fingerprint density at radius 2 is 2.44 bits per heavy atom. The predicted molar refractivity (Wildman–Crippen MR) is 39.2 cm³/mol. The number of rotatable bonds is 0. The smallest absolute Gasteiger partial charge is 0.272 e. The molecular weight excluding hydrogens is 154 g/mol. The molecule has 1 N–H and O–H groups in total. The fraction of sp³-hybridized carbons (Fsp3) is 0. The van der Waals surface area contributed by atoms with Crippen LogP contribution in [0.25, 0.3) is 9.53 Å². The van der Waals surface area contributed by atoms with E-state index in [4.69, 9.17) is 5.11 Å². The molecule has 0 atom stereocenters. The van der Waals surface area contributed by atoms with Crippen molar-refractivity contribution in [2.75, 3.05) is 0 Å². The Morgan fingerprint density at radius 3 is 3.22 bits per heavy atom. The summed E-state index contributed by atoms with van der Waals surface area (Å²) >= 11 is 2.86. The van der Waals surface area contributed by atoms with Gasteiger partial charge in [0.25, 0.3) is 5.19 Å². The van der Waals surface area contributed by atoms with E-state index in [-0.39, 0.29) is 5.19 Å². The summed E-state index contributed by atoms with van der Waals surface area (Å²) in [4.78, 5) is 4.79. The van der Waals surface area contributed by atoms with E-state index in [1.807, 2.05) is 11.4 Å². The van der Waals surface area contributed by atoms with E-state index in [0.29, 0.717) is 0 Å². The van der Waals surface area contributed by atoms with Crippen LogP contribution in [0.15, 0.2) is 11.4 Å². The molecule has 4 heteroatoms. The van der Waals surface area contributed by atoms with Crippen molar-refractivity contribution < 1.29 is 5.11 Å². The average Bonchev–Trinajstić information content (AvgIpc) is 2.22. The minimum absolute atomic E-state index is 0.164. The zero-order valence-electron chi connectivity index (χ0n) is 4.37. The summed E-state index contributed by atoms with van der Waals surface area (Å²) in [5, 5.41) is 11.0. The molecule has 0 saturated carbocycles. The third-order valence-electron chi connectivity index (χ3n) is 1.01. The number of hydrogen-bond acceptors (Lipinski definition) is 4. The molecule has 2 nitrogen and oxygen atoms in total. The largest absolute Gasteiger partial charge is 0.486 e. The second-order valence-corrected chi connectivity index (χ2v) is 3.49. The molecule has 0 unspecified atom stereocenters. The summed E-state index contributed by atoms with van der Waals surface area (Å²) in [7, 11) is 0. The highest BCUT2D eigenvalue weighted by atomic mass is 32.1. The summed E-state index contributed by atoms with van der Waals surface area (Å²) in [6, 6.07) is 1.96. The molecule has 0 aliphatic heterocycles. The van der Waals surface area contributed by atoms with Crippen molar-refractivity contribution in [2.45, 2.75) is 0 Å². The van der Waals surface area contributed by atoms with Gasteiger partial charge in [0.05, 0.1) is 4.70 Å². The molecule has 2 rings (SSSR count). The first kappa shape index (κ1) is 5.20. The third kappa shape index (κ3) is 0.710. The van der Waals surface area contributed by atoms with Crippen LogP contribution in [-0.2, 0) is 0 Å². The Labute approximate surface area is 59.4 Å². The van der Waals surface area contributed by atoms with E-state index < -0.39 is 0 Å². The average molecular weight is 157 g/mol. The maximum Gasteiger partial charge on any atom is 0.272 e. The van der Waals surface area contributed by atoms with Crippen molar-refractivity contribution >= 4 is 32.2 Å². The van der Waals surface area contributed by atoms with Crippen LogP contribution in [0.5, 0.6) is 5.19 Å². The standard InChI is InChI=1S/C5H3NOS2/c7-5-6-4-3(9-5)1-2-8-4/h1-2H,(H,6,7). The second-order valence-electron chi connectivity index (χ2n) is 1.59. The molecule has 9 heavy (non-hydrogen) atoms. The van der Waals surface area contributed by atoms with Crippen molar-refractivity contribution in [3.8, 4) is 5.19 Å². The van der Waals surface area contributed by atoms with Gasteiger partial charge in [0, 0.05) is 0 Å². The molecule has 2 aromatic rings. The van der Waals surface area contributed by atoms with E-state index >= 15 is 0 Å². The van der Waals surface area contributed by atoms with Crippen molar-refractivity contribution in [1.29, 1.82) is 0 Å². The third-order valence-corrected chi connectivity index (χ3v) is 2.77. The van der Waals surface area contributed by atoms with Gasteiger partial charge in [0.2, 0.25) is 0 Å². The van der Waals surface area contributed by atoms with Gasteiger partial charge in [-0.15, -0.1) is 11.3 Å². The van der Waals surface area contributed by atoms with Gasteiger partial charge < -0.3 is 5.11 Å². The van der Waals surface area contributed by atoms with Gasteiger partial charge in [-0.3, -0.25) is 0 Å². The number of hydrogen-bond donors (Lipinski definition) is 1. The molecule has 0 amide bonds. The fourth-order valence-electron chi connectivity index (χ4n) is 0.657. The fourth-order valence-corrected chi connectivity index (χ4v) is 2.33. The minimum atomic E-state index is 0.164. The highest BCUT2D eigenvalue weighted by Crippen LogP contribution is 2.29. The van der Waals surface area contributed by atoms with E-state index in [1.54, 1.807) is 11.3 Å². The van der Waals surface area contributed by atoms with Crippen molar-refractivity contribution in [3.05, 3.63) is 11.4 Å². The first-order valence-corrected chi connectivity index (χ1v) is 4.09. The molecule has 0 radical (unpaired) electrons. The number of thiazole rings is 1. The number of aromatic nitrogens is 1. The van der Waals surface area contributed by atoms with Crippen molar-refractivity contribution in [1.82, 2.24) is 4.98 Å². The molecule has 0 aliphatic carbocycles. The lowest BCUT2D eigenvalue weighted by atomic mass is 10.6. The summed E-state index contributed by atoms with van der Waals surface area (Å²) in [5.41, 5.74) is 0. The zero-order chi connectivity index (χ0) is 6.27. The van der Waals surface area contributed by atoms with E-state index in [9.17, 15) is 0 Å². The van der Waals surface area contributed by atoms with Gasteiger partial charge in [-0.05, 0) is 11.4 Å². The highest BCUT2D eigenvalue weighted by Gasteiger charge is 2.00.